The molecule has 0 bridgehead atoms. The maximum absolute atomic E-state index is 11.8. The molecule has 3 amide bonds. The number of amides is 3. The summed E-state index contributed by atoms with van der Waals surface area (Å²) in [6.45, 7) is 4.93. The van der Waals surface area contributed by atoms with E-state index in [1.807, 2.05) is 26.0 Å². The van der Waals surface area contributed by atoms with Gasteiger partial charge >= 0.3 is 6.03 Å². The van der Waals surface area contributed by atoms with Crippen LogP contribution in [0.4, 0.5) is 16.2 Å². The van der Waals surface area contributed by atoms with Crippen molar-refractivity contribution in [2.24, 2.45) is 5.73 Å². The van der Waals surface area contributed by atoms with Gasteiger partial charge in [-0.25, -0.2) is 4.79 Å². The number of benzene rings is 1. The lowest BCUT2D eigenvalue weighted by molar-refractivity contribution is -0.117. The van der Waals surface area contributed by atoms with Gasteiger partial charge in [0.2, 0.25) is 5.91 Å². The molecule has 0 aliphatic carbocycles. The molecule has 6 heteroatoms. The van der Waals surface area contributed by atoms with Crippen molar-refractivity contribution in [1.82, 2.24) is 5.32 Å². The number of nitrogens with two attached hydrogens (primary N) is 1. The van der Waals surface area contributed by atoms with E-state index in [4.69, 9.17) is 5.73 Å². The maximum atomic E-state index is 11.8. The maximum Gasteiger partial charge on any atom is 0.321 e. The minimum Gasteiger partial charge on any atom is -0.336 e. The van der Waals surface area contributed by atoms with E-state index in [2.05, 4.69) is 10.6 Å². The van der Waals surface area contributed by atoms with Crippen LogP contribution in [0.25, 0.3) is 0 Å². The molecule has 1 aromatic carbocycles. The Morgan fingerprint density at radius 1 is 1.40 bits per heavy atom. The summed E-state index contributed by atoms with van der Waals surface area (Å²) < 4.78 is 0. The summed E-state index contributed by atoms with van der Waals surface area (Å²) in [7, 11) is 0. The summed E-state index contributed by atoms with van der Waals surface area (Å²) >= 11 is 0. The standard InChI is InChI=1S/C14H20N4O2/c1-14(2,15)9-12(19)17-10-3-5-11(6-4-10)18-8-7-16-13(18)20/h3-6H,7-9,15H2,1-2H3,(H,16,20)(H,17,19). The van der Waals surface area contributed by atoms with Gasteiger partial charge in [-0.1, -0.05) is 0 Å². The first-order valence-electron chi connectivity index (χ1n) is 6.59. The van der Waals surface area contributed by atoms with E-state index in [9.17, 15) is 9.59 Å². The molecule has 1 aromatic rings. The van der Waals surface area contributed by atoms with Crippen molar-refractivity contribution in [3.63, 3.8) is 0 Å². The molecule has 0 atom stereocenters. The van der Waals surface area contributed by atoms with Crippen LogP contribution in [-0.4, -0.2) is 30.6 Å². The minimum absolute atomic E-state index is 0.0910. The van der Waals surface area contributed by atoms with Crippen LogP contribution in [0.1, 0.15) is 20.3 Å². The molecule has 6 nitrogen and oxygen atoms in total. The monoisotopic (exact) mass is 276 g/mol. The fourth-order valence-corrected chi connectivity index (χ4v) is 2.06. The highest BCUT2D eigenvalue weighted by Gasteiger charge is 2.21. The lowest BCUT2D eigenvalue weighted by Crippen LogP contribution is -2.36. The fraction of sp³-hybridized carbons (Fsp3) is 0.429. The zero-order valence-electron chi connectivity index (χ0n) is 11.8. The van der Waals surface area contributed by atoms with Crippen LogP contribution >= 0.6 is 0 Å². The molecular formula is C14H20N4O2. The van der Waals surface area contributed by atoms with Gasteiger partial charge in [0.05, 0.1) is 0 Å². The highest BCUT2D eigenvalue weighted by Crippen LogP contribution is 2.20. The average molecular weight is 276 g/mol. The summed E-state index contributed by atoms with van der Waals surface area (Å²) in [5, 5.41) is 5.53. The first kappa shape index (κ1) is 14.3. The number of nitrogens with one attached hydrogen (secondary N) is 2. The number of rotatable bonds is 4. The predicted octanol–water partition coefficient (Wildman–Crippen LogP) is 1.28. The number of anilines is 2. The molecule has 1 heterocycles. The Morgan fingerprint density at radius 3 is 2.55 bits per heavy atom. The molecule has 108 valence electrons. The Hall–Kier alpha value is -2.08. The molecule has 2 rings (SSSR count). The molecule has 0 unspecified atom stereocenters. The Morgan fingerprint density at radius 2 is 2.05 bits per heavy atom. The minimum atomic E-state index is -0.530. The van der Waals surface area contributed by atoms with Gasteiger partial charge in [-0.05, 0) is 38.1 Å². The molecular weight excluding hydrogens is 256 g/mol. The van der Waals surface area contributed by atoms with Crippen LogP contribution in [0.5, 0.6) is 0 Å². The molecule has 0 saturated carbocycles. The second-order valence-electron chi connectivity index (χ2n) is 5.64. The van der Waals surface area contributed by atoms with Crippen molar-refractivity contribution in [3.8, 4) is 0 Å². The number of hydrogen-bond acceptors (Lipinski definition) is 3. The van der Waals surface area contributed by atoms with Crippen LogP contribution in [0.15, 0.2) is 24.3 Å². The van der Waals surface area contributed by atoms with Gasteiger partial charge in [0.1, 0.15) is 0 Å². The lowest BCUT2D eigenvalue weighted by Gasteiger charge is -2.18. The van der Waals surface area contributed by atoms with Gasteiger partial charge in [0.25, 0.3) is 0 Å². The van der Waals surface area contributed by atoms with Gasteiger partial charge in [-0.2, -0.15) is 0 Å². The second-order valence-corrected chi connectivity index (χ2v) is 5.64. The molecule has 1 aliphatic rings. The van der Waals surface area contributed by atoms with E-state index in [0.29, 0.717) is 18.8 Å². The SMILES string of the molecule is CC(C)(N)CC(=O)Nc1ccc(N2CCNC2=O)cc1. The van der Waals surface area contributed by atoms with E-state index < -0.39 is 5.54 Å². The Bertz CT molecular complexity index is 505. The quantitative estimate of drug-likeness (QED) is 0.774. The van der Waals surface area contributed by atoms with Crippen LogP contribution < -0.4 is 21.3 Å². The smallest absolute Gasteiger partial charge is 0.321 e. The number of carbonyl (C=O) groups excluding carboxylic acids is 2. The van der Waals surface area contributed by atoms with Crippen molar-refractivity contribution in [3.05, 3.63) is 24.3 Å². The van der Waals surface area contributed by atoms with Crippen molar-refractivity contribution in [2.45, 2.75) is 25.8 Å². The van der Waals surface area contributed by atoms with Crippen LogP contribution in [0.3, 0.4) is 0 Å². The van der Waals surface area contributed by atoms with Gasteiger partial charge in [0, 0.05) is 36.4 Å². The summed E-state index contributed by atoms with van der Waals surface area (Å²) in [6, 6.07) is 7.10. The largest absolute Gasteiger partial charge is 0.336 e. The van der Waals surface area contributed by atoms with E-state index in [0.717, 1.165) is 5.69 Å². The van der Waals surface area contributed by atoms with Crippen LogP contribution in [0.2, 0.25) is 0 Å². The van der Waals surface area contributed by atoms with Gasteiger partial charge in [-0.15, -0.1) is 0 Å². The zero-order valence-corrected chi connectivity index (χ0v) is 11.8. The zero-order chi connectivity index (χ0) is 14.8. The number of hydrogen-bond donors (Lipinski definition) is 3. The third-order valence-electron chi connectivity index (χ3n) is 2.94. The van der Waals surface area contributed by atoms with E-state index in [1.54, 1.807) is 17.0 Å². The van der Waals surface area contributed by atoms with Crippen molar-refractivity contribution < 1.29 is 9.59 Å². The molecule has 1 aliphatic heterocycles. The molecule has 0 spiro atoms. The van der Waals surface area contributed by atoms with E-state index in [-0.39, 0.29) is 18.4 Å². The van der Waals surface area contributed by atoms with Gasteiger partial charge in [-0.3, -0.25) is 9.69 Å². The number of nitrogens with zero attached hydrogens (tertiary/aromatic N) is 1. The lowest BCUT2D eigenvalue weighted by atomic mass is 10.0. The summed E-state index contributed by atoms with van der Waals surface area (Å²) in [6.07, 6.45) is 0.253. The Kier molecular flexibility index (Phi) is 3.94. The van der Waals surface area contributed by atoms with Crippen molar-refractivity contribution in [2.75, 3.05) is 23.3 Å². The number of carbonyl (C=O) groups is 2. The molecule has 20 heavy (non-hydrogen) atoms. The van der Waals surface area contributed by atoms with Crippen molar-refractivity contribution in [1.29, 1.82) is 0 Å². The predicted molar refractivity (Wildman–Crippen MR) is 78.7 cm³/mol. The Balaban J connectivity index is 1.98. The normalized spacial score (nSPS) is 15.2. The molecule has 4 N–H and O–H groups in total. The van der Waals surface area contributed by atoms with Crippen LogP contribution in [0, 0.1) is 0 Å². The van der Waals surface area contributed by atoms with Gasteiger partial charge in [0.15, 0.2) is 0 Å². The highest BCUT2D eigenvalue weighted by atomic mass is 16.2. The number of urea groups is 1. The third kappa shape index (κ3) is 3.71. The molecule has 0 radical (unpaired) electrons. The third-order valence-corrected chi connectivity index (χ3v) is 2.94. The topological polar surface area (TPSA) is 87.5 Å². The summed E-state index contributed by atoms with van der Waals surface area (Å²) in [4.78, 5) is 24.9. The molecule has 1 fully saturated rings. The first-order valence-corrected chi connectivity index (χ1v) is 6.59. The fourth-order valence-electron chi connectivity index (χ4n) is 2.06. The van der Waals surface area contributed by atoms with Crippen molar-refractivity contribution >= 4 is 23.3 Å². The molecule has 1 saturated heterocycles. The first-order chi connectivity index (χ1) is 9.35. The van der Waals surface area contributed by atoms with Crippen LogP contribution in [-0.2, 0) is 4.79 Å². The van der Waals surface area contributed by atoms with E-state index >= 15 is 0 Å². The Labute approximate surface area is 118 Å². The summed E-state index contributed by atoms with van der Waals surface area (Å²) in [5.74, 6) is -0.121. The summed E-state index contributed by atoms with van der Waals surface area (Å²) in [5.41, 5.74) is 6.78. The highest BCUT2D eigenvalue weighted by molar-refractivity contribution is 5.95. The average Bonchev–Trinajstić information content (AvgIpc) is 2.74. The van der Waals surface area contributed by atoms with Gasteiger partial charge < -0.3 is 16.4 Å². The molecule has 0 aromatic heterocycles. The van der Waals surface area contributed by atoms with E-state index in [1.165, 1.54) is 0 Å². The second kappa shape index (κ2) is 5.50.